The molecular weight excluding hydrogens is 811 g/mol. The molecule has 0 amide bonds. The molecule has 0 saturated carbocycles. The van der Waals surface area contributed by atoms with Crippen molar-refractivity contribution < 1.29 is 62.5 Å². The van der Waals surface area contributed by atoms with Gasteiger partial charge in [0.1, 0.15) is 24.2 Å². The van der Waals surface area contributed by atoms with Crippen molar-refractivity contribution in [2.24, 2.45) is 0 Å². The molecule has 61 heavy (non-hydrogen) atoms. The highest BCUT2D eigenvalue weighted by molar-refractivity contribution is 7.99. The summed E-state index contributed by atoms with van der Waals surface area (Å²) in [5, 5.41) is 26.4. The highest BCUT2D eigenvalue weighted by atomic mass is 32.2. The summed E-state index contributed by atoms with van der Waals surface area (Å²) in [6.45, 7) is 10.4. The number of ether oxygens (including phenoxy) is 8. The maximum atomic E-state index is 14.9. The van der Waals surface area contributed by atoms with E-state index in [4.69, 9.17) is 37.9 Å². The van der Waals surface area contributed by atoms with Crippen molar-refractivity contribution in [2.45, 2.75) is 101 Å². The Bertz CT molecular complexity index is 2370. The average Bonchev–Trinajstić information content (AvgIpc) is 3.69. The number of aryl methyl sites for hydroxylation is 1. The molecule has 0 aliphatic carbocycles. The summed E-state index contributed by atoms with van der Waals surface area (Å²) in [6, 6.07) is 2.76. The van der Waals surface area contributed by atoms with Crippen LogP contribution in [0.3, 0.4) is 0 Å². The van der Waals surface area contributed by atoms with E-state index in [-0.39, 0.29) is 36.4 Å². The minimum Gasteiger partial charge on any atom is -0.504 e. The fourth-order valence-corrected chi connectivity index (χ4v) is 12.1. The predicted molar refractivity (Wildman–Crippen MR) is 220 cm³/mol. The Morgan fingerprint density at radius 1 is 0.967 bits per heavy atom. The molecule has 17 heteroatoms. The van der Waals surface area contributed by atoms with Crippen molar-refractivity contribution in [3.05, 3.63) is 62.7 Å². The topological polar surface area (TPSA) is 184 Å². The Balaban J connectivity index is 1.31. The Morgan fingerprint density at radius 3 is 2.43 bits per heavy atom. The van der Waals surface area contributed by atoms with Crippen molar-refractivity contribution in [3.63, 3.8) is 0 Å². The van der Waals surface area contributed by atoms with Gasteiger partial charge < -0.3 is 48.1 Å². The molecule has 7 heterocycles. The zero-order chi connectivity index (χ0) is 43.4. The van der Waals surface area contributed by atoms with Gasteiger partial charge in [-0.15, -0.1) is 11.8 Å². The zero-order valence-corrected chi connectivity index (χ0v) is 36.4. The van der Waals surface area contributed by atoms with Crippen LogP contribution in [0.15, 0.2) is 18.2 Å². The SMILES string of the molecule is COc1cc2c(cc1O)CCN[C@]21CS[C@@H]2c3c(OC(C)=O)c(C)c4c(c3[C@H](COC1=O)N1C2[C@H]2c3c(cc(C)c(OC)c3OC(=O)OC(C)(C)C)C[C@@H]([C@@H]1O)N2C)OCO4. The second kappa shape index (κ2) is 14.9. The van der Waals surface area contributed by atoms with E-state index in [2.05, 4.69) is 10.2 Å². The number of hydrogen-bond acceptors (Lipinski definition) is 17. The third-order valence-electron chi connectivity index (χ3n) is 12.8. The van der Waals surface area contributed by atoms with Gasteiger partial charge in [0.25, 0.3) is 0 Å². The molecule has 2 fully saturated rings. The first-order valence-corrected chi connectivity index (χ1v) is 21.4. The number of fused-ring (bicyclic) bond motifs is 9. The molecular formula is C44H51N3O13S. The van der Waals surface area contributed by atoms with Gasteiger partial charge >= 0.3 is 18.1 Å². The number of thioether (sulfide) groups is 1. The van der Waals surface area contributed by atoms with E-state index in [9.17, 15) is 24.6 Å². The maximum Gasteiger partial charge on any atom is 0.514 e. The Morgan fingerprint density at radius 2 is 1.72 bits per heavy atom. The number of piperazine rings is 1. The van der Waals surface area contributed by atoms with Crippen molar-refractivity contribution in [1.82, 2.24) is 15.1 Å². The van der Waals surface area contributed by atoms with E-state index >= 15 is 0 Å². The van der Waals surface area contributed by atoms with Crippen LogP contribution in [0, 0.1) is 13.8 Å². The predicted octanol–water partition coefficient (Wildman–Crippen LogP) is 5.02. The molecule has 0 aromatic heterocycles. The summed E-state index contributed by atoms with van der Waals surface area (Å²) < 4.78 is 48.3. The Hall–Kier alpha value is -4.94. The summed E-state index contributed by atoms with van der Waals surface area (Å²) in [5.74, 6) is 0.861. The Labute approximate surface area is 357 Å². The van der Waals surface area contributed by atoms with Gasteiger partial charge in [0.05, 0.1) is 37.6 Å². The van der Waals surface area contributed by atoms with Crippen LogP contribution in [0.25, 0.3) is 0 Å². The van der Waals surface area contributed by atoms with E-state index in [0.29, 0.717) is 70.2 Å². The number of carbonyl (C=O) groups excluding carboxylic acids is 3. The molecule has 326 valence electrons. The number of aromatic hydroxyl groups is 1. The van der Waals surface area contributed by atoms with Crippen molar-refractivity contribution in [1.29, 1.82) is 0 Å². The van der Waals surface area contributed by atoms with Crippen LogP contribution in [0.5, 0.6) is 40.2 Å². The lowest BCUT2D eigenvalue weighted by atomic mass is 9.73. The van der Waals surface area contributed by atoms with E-state index in [1.807, 2.05) is 31.9 Å². The maximum absolute atomic E-state index is 14.9. The van der Waals surface area contributed by atoms with Gasteiger partial charge in [-0.05, 0) is 88.9 Å². The van der Waals surface area contributed by atoms with Crippen molar-refractivity contribution in [2.75, 3.05) is 47.0 Å². The van der Waals surface area contributed by atoms with Crippen LogP contribution in [0.2, 0.25) is 0 Å². The van der Waals surface area contributed by atoms with Gasteiger partial charge in [-0.1, -0.05) is 6.07 Å². The lowest BCUT2D eigenvalue weighted by Crippen LogP contribution is -2.70. The number of aliphatic hydroxyl groups is 1. The van der Waals surface area contributed by atoms with Gasteiger partial charge in [0.15, 0.2) is 40.0 Å². The molecule has 2 saturated heterocycles. The number of benzene rings is 3. The number of nitrogens with zero attached hydrogens (tertiary/aromatic N) is 2. The van der Waals surface area contributed by atoms with Gasteiger partial charge in [-0.2, -0.15) is 0 Å². The fourth-order valence-electron chi connectivity index (χ4n) is 10.4. The molecule has 16 nitrogen and oxygen atoms in total. The van der Waals surface area contributed by atoms with Crippen LogP contribution in [0.1, 0.15) is 89.5 Å². The van der Waals surface area contributed by atoms with Gasteiger partial charge in [-0.25, -0.2) is 9.59 Å². The molecule has 7 aliphatic rings. The van der Waals surface area contributed by atoms with Crippen LogP contribution in [0.4, 0.5) is 4.79 Å². The number of aliphatic hydroxyl groups excluding tert-OH is 1. The molecule has 3 aromatic rings. The molecule has 1 unspecified atom stereocenters. The smallest absolute Gasteiger partial charge is 0.504 e. The van der Waals surface area contributed by atoms with Crippen LogP contribution in [-0.4, -0.2) is 109 Å². The number of esters is 2. The molecule has 0 radical (unpaired) electrons. The number of phenols is 1. The first-order chi connectivity index (χ1) is 29.0. The molecule has 3 N–H and O–H groups in total. The van der Waals surface area contributed by atoms with Crippen molar-refractivity contribution in [3.8, 4) is 40.2 Å². The summed E-state index contributed by atoms with van der Waals surface area (Å²) in [4.78, 5) is 45.6. The minimum atomic E-state index is -1.41. The van der Waals surface area contributed by atoms with E-state index in [1.54, 1.807) is 32.9 Å². The summed E-state index contributed by atoms with van der Waals surface area (Å²) in [5.41, 5.74) is 3.18. The second-order valence-corrected chi connectivity index (χ2v) is 18.6. The molecule has 3 aromatic carbocycles. The normalized spacial score (nSPS) is 27.5. The van der Waals surface area contributed by atoms with Gasteiger partial charge in [0.2, 0.25) is 6.79 Å². The number of carbonyl (C=O) groups is 3. The standard InChI is InChI=1S/C44H51N3O13S/c1-19-12-23-13-25-40(50)47-26-16-55-41(51)44(24-15-28(53-8)27(49)14-22(24)10-11-45-44)17-61-39(31-30(26)37-36(56-18-57-37)20(2)35(31)58-21(3)48)33(47)32(46(25)7)29(23)38(34(19)54-9)59-42(52)60-43(4,5)6/h12,14-15,25-26,32-33,39-40,45,49-50H,10-11,13,16-18H2,1-9H3/t25-,26-,32+,33?,39+,40-,44+/m0/s1. The number of likely N-dealkylation sites (N-methyl/N-ethyl adjacent to an activating group) is 1. The summed E-state index contributed by atoms with van der Waals surface area (Å²) >= 11 is 1.44. The third-order valence-corrected chi connectivity index (χ3v) is 14.3. The molecule has 10 rings (SSSR count). The second-order valence-electron chi connectivity index (χ2n) is 17.5. The van der Waals surface area contributed by atoms with Crippen molar-refractivity contribution >= 4 is 29.9 Å². The third kappa shape index (κ3) is 6.36. The van der Waals surface area contributed by atoms with Gasteiger partial charge in [-0.3, -0.25) is 19.9 Å². The minimum absolute atomic E-state index is 0.0415. The zero-order valence-electron chi connectivity index (χ0n) is 35.6. The quantitative estimate of drug-likeness (QED) is 0.180. The number of hydrogen-bond donors (Lipinski definition) is 3. The Kier molecular flexibility index (Phi) is 10.1. The van der Waals surface area contributed by atoms with E-state index in [0.717, 1.165) is 16.7 Å². The summed E-state index contributed by atoms with van der Waals surface area (Å²) in [6.07, 6.45) is -1.10. The van der Waals surface area contributed by atoms with E-state index in [1.165, 1.54) is 32.9 Å². The van der Waals surface area contributed by atoms with Gasteiger partial charge in [0, 0.05) is 47.5 Å². The van der Waals surface area contributed by atoms with Crippen LogP contribution in [-0.2, 0) is 37.4 Å². The van der Waals surface area contributed by atoms with Crippen LogP contribution < -0.4 is 33.7 Å². The molecule has 7 atom stereocenters. The fraction of sp³-hybridized carbons (Fsp3) is 0.523. The number of methoxy groups -OCH3 is 2. The number of nitrogens with one attached hydrogen (secondary N) is 1. The molecule has 1 spiro atoms. The lowest BCUT2D eigenvalue weighted by Gasteiger charge is -2.62. The average molecular weight is 862 g/mol. The molecule has 7 aliphatic heterocycles. The van der Waals surface area contributed by atoms with E-state index < -0.39 is 64.9 Å². The largest absolute Gasteiger partial charge is 0.514 e. The summed E-state index contributed by atoms with van der Waals surface area (Å²) in [7, 11) is 4.92. The first kappa shape index (κ1) is 41.4. The highest BCUT2D eigenvalue weighted by Gasteiger charge is 2.61. The molecule has 4 bridgehead atoms. The first-order valence-electron chi connectivity index (χ1n) is 20.4. The number of rotatable bonds is 4. The lowest BCUT2D eigenvalue weighted by molar-refractivity contribution is -0.186. The number of phenolic OH excluding ortho intramolecular Hbond substituents is 1. The highest BCUT2D eigenvalue weighted by Crippen LogP contribution is 2.64. The monoisotopic (exact) mass is 861 g/mol. The van der Waals surface area contributed by atoms with Crippen LogP contribution >= 0.6 is 11.8 Å².